The first kappa shape index (κ1) is 15.7. The molecular weight excluding hydrogens is 302 g/mol. The summed E-state index contributed by atoms with van der Waals surface area (Å²) in [5.41, 5.74) is 2.32. The standard InChI is InChI=1S/C19H17N3O2/c1-14(22-18(23)12-7-13-20-22)19(24)21-17-11-6-5-10-16(17)15-8-3-2-4-9-15/h2-14H,1H3,(H,21,24). The third kappa shape index (κ3) is 3.25. The number of carbonyl (C=O) groups excluding carboxylic acids is 1. The maximum Gasteiger partial charge on any atom is 0.267 e. The van der Waals surface area contributed by atoms with Crippen molar-refractivity contribution in [2.24, 2.45) is 0 Å². The predicted molar refractivity (Wildman–Crippen MR) is 93.7 cm³/mol. The average molecular weight is 319 g/mol. The molecule has 0 fully saturated rings. The second-order valence-corrected chi connectivity index (χ2v) is 5.38. The van der Waals surface area contributed by atoms with E-state index in [1.165, 1.54) is 16.9 Å². The summed E-state index contributed by atoms with van der Waals surface area (Å²) < 4.78 is 1.17. The van der Waals surface area contributed by atoms with Crippen molar-refractivity contribution in [2.45, 2.75) is 13.0 Å². The van der Waals surface area contributed by atoms with Crippen LogP contribution >= 0.6 is 0 Å². The summed E-state index contributed by atoms with van der Waals surface area (Å²) in [6.07, 6.45) is 1.49. The third-order valence-electron chi connectivity index (χ3n) is 3.76. The molecule has 0 bridgehead atoms. The molecule has 120 valence electrons. The molecule has 24 heavy (non-hydrogen) atoms. The lowest BCUT2D eigenvalue weighted by atomic mass is 10.0. The minimum atomic E-state index is -0.706. The molecule has 5 heteroatoms. The molecule has 0 saturated carbocycles. The maximum atomic E-state index is 12.5. The van der Waals surface area contributed by atoms with Crippen LogP contribution in [0.1, 0.15) is 13.0 Å². The van der Waals surface area contributed by atoms with Gasteiger partial charge in [0, 0.05) is 23.5 Å². The Morgan fingerprint density at radius 1 is 1.00 bits per heavy atom. The maximum absolute atomic E-state index is 12.5. The van der Waals surface area contributed by atoms with Gasteiger partial charge in [-0.2, -0.15) is 5.10 Å². The number of hydrogen-bond acceptors (Lipinski definition) is 3. The summed E-state index contributed by atoms with van der Waals surface area (Å²) in [5.74, 6) is -0.292. The van der Waals surface area contributed by atoms with Crippen molar-refractivity contribution in [3.8, 4) is 11.1 Å². The van der Waals surface area contributed by atoms with Crippen molar-refractivity contribution in [1.82, 2.24) is 9.78 Å². The van der Waals surface area contributed by atoms with Gasteiger partial charge in [0.05, 0.1) is 0 Å². The Kier molecular flexibility index (Phi) is 4.52. The smallest absolute Gasteiger partial charge is 0.267 e. The number of carbonyl (C=O) groups is 1. The highest BCUT2D eigenvalue weighted by molar-refractivity contribution is 5.97. The molecule has 1 atom stereocenters. The van der Waals surface area contributed by atoms with E-state index < -0.39 is 6.04 Å². The van der Waals surface area contributed by atoms with E-state index in [0.29, 0.717) is 5.69 Å². The number of aromatic nitrogens is 2. The fourth-order valence-electron chi connectivity index (χ4n) is 2.47. The summed E-state index contributed by atoms with van der Waals surface area (Å²) in [5, 5.41) is 6.86. The lowest BCUT2D eigenvalue weighted by Crippen LogP contribution is -2.32. The van der Waals surface area contributed by atoms with Crippen LogP contribution in [0.5, 0.6) is 0 Å². The minimum absolute atomic E-state index is 0.292. The summed E-state index contributed by atoms with van der Waals surface area (Å²) in [6, 6.07) is 19.6. The number of nitrogens with one attached hydrogen (secondary N) is 1. The number of nitrogens with zero attached hydrogens (tertiary/aromatic N) is 2. The normalized spacial score (nSPS) is 11.7. The van der Waals surface area contributed by atoms with Crippen molar-refractivity contribution in [3.05, 3.63) is 83.3 Å². The lowest BCUT2D eigenvalue weighted by molar-refractivity contribution is -0.119. The number of rotatable bonds is 4. The van der Waals surface area contributed by atoms with Crippen LogP contribution in [0.4, 0.5) is 5.69 Å². The fraction of sp³-hybridized carbons (Fsp3) is 0.105. The van der Waals surface area contributed by atoms with E-state index in [1.807, 2.05) is 54.6 Å². The zero-order valence-corrected chi connectivity index (χ0v) is 13.2. The van der Waals surface area contributed by atoms with Crippen molar-refractivity contribution in [3.63, 3.8) is 0 Å². The van der Waals surface area contributed by atoms with Crippen LogP contribution < -0.4 is 10.9 Å². The topological polar surface area (TPSA) is 64.0 Å². The van der Waals surface area contributed by atoms with Crippen LogP contribution in [0.2, 0.25) is 0 Å². The number of amides is 1. The molecule has 1 amide bonds. The van der Waals surface area contributed by atoms with Gasteiger partial charge in [0.2, 0.25) is 5.91 Å². The van der Waals surface area contributed by atoms with Gasteiger partial charge in [-0.3, -0.25) is 9.59 Å². The Balaban J connectivity index is 1.88. The van der Waals surface area contributed by atoms with Gasteiger partial charge in [-0.05, 0) is 24.6 Å². The van der Waals surface area contributed by atoms with Gasteiger partial charge in [0.25, 0.3) is 5.56 Å². The first-order valence-corrected chi connectivity index (χ1v) is 7.66. The number of anilines is 1. The molecule has 0 radical (unpaired) electrons. The van der Waals surface area contributed by atoms with Crippen LogP contribution in [-0.2, 0) is 4.79 Å². The largest absolute Gasteiger partial charge is 0.324 e. The molecule has 0 spiro atoms. The van der Waals surface area contributed by atoms with Crippen LogP contribution in [0.15, 0.2) is 77.7 Å². The lowest BCUT2D eigenvalue weighted by Gasteiger charge is -2.16. The molecule has 1 heterocycles. The van der Waals surface area contributed by atoms with E-state index in [9.17, 15) is 9.59 Å². The van der Waals surface area contributed by atoms with E-state index in [2.05, 4.69) is 10.4 Å². The van der Waals surface area contributed by atoms with Crippen molar-refractivity contribution in [2.75, 3.05) is 5.32 Å². The van der Waals surface area contributed by atoms with E-state index >= 15 is 0 Å². The quantitative estimate of drug-likeness (QED) is 0.803. The fourth-order valence-corrected chi connectivity index (χ4v) is 2.47. The molecule has 3 rings (SSSR count). The number of para-hydroxylation sites is 1. The van der Waals surface area contributed by atoms with Gasteiger partial charge in [0.1, 0.15) is 6.04 Å². The van der Waals surface area contributed by atoms with Crippen molar-refractivity contribution < 1.29 is 4.79 Å². The average Bonchev–Trinajstić information content (AvgIpc) is 2.63. The Bertz CT molecular complexity index is 903. The Labute approximate surface area is 139 Å². The molecular formula is C19H17N3O2. The second-order valence-electron chi connectivity index (χ2n) is 5.38. The summed E-state index contributed by atoms with van der Waals surface area (Å²) in [6.45, 7) is 1.65. The SMILES string of the molecule is CC(C(=O)Nc1ccccc1-c1ccccc1)n1ncccc1=O. The van der Waals surface area contributed by atoms with E-state index in [-0.39, 0.29) is 11.5 Å². The molecule has 0 aliphatic heterocycles. The highest BCUT2D eigenvalue weighted by Gasteiger charge is 2.18. The van der Waals surface area contributed by atoms with Gasteiger partial charge < -0.3 is 5.32 Å². The number of benzene rings is 2. The Morgan fingerprint density at radius 3 is 2.46 bits per heavy atom. The molecule has 3 aromatic rings. The molecule has 1 N–H and O–H groups in total. The van der Waals surface area contributed by atoms with Crippen LogP contribution in [0.25, 0.3) is 11.1 Å². The van der Waals surface area contributed by atoms with Crippen LogP contribution in [-0.4, -0.2) is 15.7 Å². The molecule has 0 aliphatic rings. The highest BCUT2D eigenvalue weighted by atomic mass is 16.2. The van der Waals surface area contributed by atoms with E-state index in [0.717, 1.165) is 11.1 Å². The van der Waals surface area contributed by atoms with Crippen molar-refractivity contribution >= 4 is 11.6 Å². The highest BCUT2D eigenvalue weighted by Crippen LogP contribution is 2.27. The number of hydrogen-bond donors (Lipinski definition) is 1. The van der Waals surface area contributed by atoms with Gasteiger partial charge in [0.15, 0.2) is 0 Å². The van der Waals surface area contributed by atoms with E-state index in [1.54, 1.807) is 13.0 Å². The van der Waals surface area contributed by atoms with Gasteiger partial charge in [-0.15, -0.1) is 0 Å². The Morgan fingerprint density at radius 2 is 1.71 bits per heavy atom. The minimum Gasteiger partial charge on any atom is -0.324 e. The molecule has 0 saturated heterocycles. The monoisotopic (exact) mass is 319 g/mol. The van der Waals surface area contributed by atoms with Crippen LogP contribution in [0, 0.1) is 0 Å². The second kappa shape index (κ2) is 6.91. The molecule has 2 aromatic carbocycles. The summed E-state index contributed by atoms with van der Waals surface area (Å²) in [7, 11) is 0. The van der Waals surface area contributed by atoms with Gasteiger partial charge in [-0.1, -0.05) is 48.5 Å². The zero-order valence-electron chi connectivity index (χ0n) is 13.2. The zero-order chi connectivity index (χ0) is 16.9. The third-order valence-corrected chi connectivity index (χ3v) is 3.76. The first-order chi connectivity index (χ1) is 11.7. The predicted octanol–water partition coefficient (Wildman–Crippen LogP) is 3.11. The molecule has 0 aliphatic carbocycles. The molecule has 1 aromatic heterocycles. The summed E-state index contributed by atoms with van der Waals surface area (Å²) >= 11 is 0. The van der Waals surface area contributed by atoms with Gasteiger partial charge in [-0.25, -0.2) is 4.68 Å². The molecule has 1 unspecified atom stereocenters. The first-order valence-electron chi connectivity index (χ1n) is 7.66. The Hall–Kier alpha value is -3.21. The van der Waals surface area contributed by atoms with E-state index in [4.69, 9.17) is 0 Å². The van der Waals surface area contributed by atoms with Crippen LogP contribution in [0.3, 0.4) is 0 Å². The van der Waals surface area contributed by atoms with Gasteiger partial charge >= 0.3 is 0 Å². The molecule has 5 nitrogen and oxygen atoms in total. The van der Waals surface area contributed by atoms with Crippen molar-refractivity contribution in [1.29, 1.82) is 0 Å². The summed E-state index contributed by atoms with van der Waals surface area (Å²) in [4.78, 5) is 24.4.